The highest BCUT2D eigenvalue weighted by Gasteiger charge is 2.32. The Hall–Kier alpha value is -3.70. The summed E-state index contributed by atoms with van der Waals surface area (Å²) in [6.07, 6.45) is 6.90. The van der Waals surface area contributed by atoms with Crippen LogP contribution in [0.4, 0.5) is 0 Å². The molecular formula is C28H30O5. The standard InChI is InChI=1S/C28H30O5/c1-3-23(29)9-4-18(2)14-26-27(32)21(15-19-5-10-24(30)11-6-19)17-22(28(26)33)16-20-7-12-25(31)13-8-20/h3-13,17,26-27,29-33H,2,14-16H2,1H3/b9-4-,23-3+. The fraction of sp³-hybridized carbons (Fsp3) is 0.214. The van der Waals surface area contributed by atoms with Crippen LogP contribution in [0.15, 0.2) is 108 Å². The van der Waals surface area contributed by atoms with Gasteiger partial charge in [0.25, 0.3) is 0 Å². The number of aromatic hydroxyl groups is 2. The van der Waals surface area contributed by atoms with E-state index in [1.54, 1.807) is 67.6 Å². The molecule has 0 radical (unpaired) electrons. The summed E-state index contributed by atoms with van der Waals surface area (Å²) in [4.78, 5) is 0. The highest BCUT2D eigenvalue weighted by atomic mass is 16.3. The first-order chi connectivity index (χ1) is 15.8. The van der Waals surface area contributed by atoms with Crippen molar-refractivity contribution in [3.63, 3.8) is 0 Å². The van der Waals surface area contributed by atoms with Gasteiger partial charge in [0.2, 0.25) is 0 Å². The molecule has 1 aliphatic rings. The molecule has 5 nitrogen and oxygen atoms in total. The van der Waals surface area contributed by atoms with E-state index in [9.17, 15) is 25.5 Å². The lowest BCUT2D eigenvalue weighted by Gasteiger charge is -2.31. The number of benzene rings is 2. The highest BCUT2D eigenvalue weighted by molar-refractivity contribution is 5.43. The van der Waals surface area contributed by atoms with Crippen LogP contribution in [0.5, 0.6) is 11.5 Å². The Bertz CT molecular complexity index is 1100. The first-order valence-corrected chi connectivity index (χ1v) is 10.8. The molecule has 0 amide bonds. The molecule has 5 heteroatoms. The van der Waals surface area contributed by atoms with E-state index in [1.165, 1.54) is 6.08 Å². The van der Waals surface area contributed by atoms with Crippen molar-refractivity contribution in [3.8, 4) is 11.5 Å². The minimum absolute atomic E-state index is 0.106. The summed E-state index contributed by atoms with van der Waals surface area (Å²) in [7, 11) is 0. The van der Waals surface area contributed by atoms with E-state index in [0.717, 1.165) is 16.7 Å². The maximum absolute atomic E-state index is 11.1. The minimum Gasteiger partial charge on any atom is -0.512 e. The lowest BCUT2D eigenvalue weighted by atomic mass is 9.79. The van der Waals surface area contributed by atoms with Crippen LogP contribution in [0.3, 0.4) is 0 Å². The fourth-order valence-electron chi connectivity index (χ4n) is 3.87. The zero-order valence-electron chi connectivity index (χ0n) is 18.6. The quantitative estimate of drug-likeness (QED) is 0.269. The Labute approximate surface area is 194 Å². The van der Waals surface area contributed by atoms with Crippen molar-refractivity contribution in [3.05, 3.63) is 119 Å². The van der Waals surface area contributed by atoms with Gasteiger partial charge in [-0.25, -0.2) is 0 Å². The van der Waals surface area contributed by atoms with E-state index in [4.69, 9.17) is 0 Å². The number of rotatable bonds is 8. The molecule has 3 rings (SSSR count). The van der Waals surface area contributed by atoms with Gasteiger partial charge >= 0.3 is 0 Å². The van der Waals surface area contributed by atoms with E-state index in [0.29, 0.717) is 30.4 Å². The Morgan fingerprint density at radius 2 is 1.42 bits per heavy atom. The van der Waals surface area contributed by atoms with Gasteiger partial charge in [-0.1, -0.05) is 48.6 Å². The molecule has 0 saturated carbocycles. The predicted molar refractivity (Wildman–Crippen MR) is 130 cm³/mol. The van der Waals surface area contributed by atoms with Crippen LogP contribution in [0.2, 0.25) is 0 Å². The molecule has 0 aliphatic heterocycles. The SMILES string of the molecule is C=C(/C=C\C(O)=C/C)CC1C(O)=C(Cc2ccc(O)cc2)C=C(Cc2ccc(O)cc2)C1O. The second-order valence-electron chi connectivity index (χ2n) is 8.28. The Morgan fingerprint density at radius 1 is 0.879 bits per heavy atom. The molecule has 2 unspecified atom stereocenters. The molecule has 0 aromatic heterocycles. The van der Waals surface area contributed by atoms with Gasteiger partial charge in [0.15, 0.2) is 0 Å². The molecule has 0 fully saturated rings. The predicted octanol–water partition coefficient (Wildman–Crippen LogP) is 5.58. The van der Waals surface area contributed by atoms with Crippen LogP contribution in [0, 0.1) is 5.92 Å². The third-order valence-electron chi connectivity index (χ3n) is 5.74. The summed E-state index contributed by atoms with van der Waals surface area (Å²) in [5.74, 6) is -0.0206. The number of aliphatic hydroxyl groups is 3. The van der Waals surface area contributed by atoms with Gasteiger partial charge in [-0.15, -0.1) is 0 Å². The lowest BCUT2D eigenvalue weighted by molar-refractivity contribution is 0.124. The molecule has 0 spiro atoms. The molecule has 0 saturated heterocycles. The zero-order chi connectivity index (χ0) is 24.0. The van der Waals surface area contributed by atoms with E-state index >= 15 is 0 Å². The third kappa shape index (κ3) is 6.40. The maximum Gasteiger partial charge on any atom is 0.115 e. The summed E-state index contributed by atoms with van der Waals surface area (Å²) >= 11 is 0. The number of allylic oxidation sites excluding steroid dienone is 6. The second kappa shape index (κ2) is 10.7. The topological polar surface area (TPSA) is 101 Å². The Kier molecular flexibility index (Phi) is 7.80. The van der Waals surface area contributed by atoms with Gasteiger partial charge in [-0.05, 0) is 78.5 Å². The summed E-state index contributed by atoms with van der Waals surface area (Å²) in [6.45, 7) is 5.74. The summed E-state index contributed by atoms with van der Waals surface area (Å²) in [6, 6.07) is 13.6. The monoisotopic (exact) mass is 446 g/mol. The molecule has 33 heavy (non-hydrogen) atoms. The Morgan fingerprint density at radius 3 is 1.97 bits per heavy atom. The van der Waals surface area contributed by atoms with E-state index in [2.05, 4.69) is 6.58 Å². The normalized spacial score (nSPS) is 19.1. The Balaban J connectivity index is 1.91. The highest BCUT2D eigenvalue weighted by Crippen LogP contribution is 2.36. The van der Waals surface area contributed by atoms with Crippen molar-refractivity contribution >= 4 is 0 Å². The molecule has 2 aromatic carbocycles. The molecule has 0 heterocycles. The van der Waals surface area contributed by atoms with E-state index in [-0.39, 0.29) is 23.0 Å². The van der Waals surface area contributed by atoms with Crippen molar-refractivity contribution in [2.24, 2.45) is 5.92 Å². The summed E-state index contributed by atoms with van der Waals surface area (Å²) in [5.41, 5.74) is 3.96. The van der Waals surface area contributed by atoms with Gasteiger partial charge in [-0.3, -0.25) is 0 Å². The van der Waals surface area contributed by atoms with Crippen molar-refractivity contribution in [2.45, 2.75) is 32.3 Å². The average molecular weight is 447 g/mol. The number of hydrogen-bond donors (Lipinski definition) is 5. The third-order valence-corrected chi connectivity index (χ3v) is 5.74. The minimum atomic E-state index is -0.914. The van der Waals surface area contributed by atoms with Crippen LogP contribution in [0.1, 0.15) is 24.5 Å². The molecular weight excluding hydrogens is 416 g/mol. The van der Waals surface area contributed by atoms with Crippen LogP contribution in [-0.4, -0.2) is 31.6 Å². The molecule has 0 bridgehead atoms. The maximum atomic E-state index is 11.1. The number of phenolic OH excluding ortho intramolecular Hbond substituents is 2. The molecule has 1 aliphatic carbocycles. The van der Waals surface area contributed by atoms with Crippen molar-refractivity contribution in [1.82, 2.24) is 0 Å². The molecule has 2 atom stereocenters. The van der Waals surface area contributed by atoms with Crippen molar-refractivity contribution in [2.75, 3.05) is 0 Å². The largest absolute Gasteiger partial charge is 0.512 e. The van der Waals surface area contributed by atoms with Crippen LogP contribution in [0.25, 0.3) is 0 Å². The van der Waals surface area contributed by atoms with E-state index < -0.39 is 12.0 Å². The average Bonchev–Trinajstić information content (AvgIpc) is 2.81. The van der Waals surface area contributed by atoms with Crippen LogP contribution < -0.4 is 0 Å². The van der Waals surface area contributed by atoms with Gasteiger partial charge in [0.1, 0.15) is 23.0 Å². The number of phenols is 2. The molecule has 5 N–H and O–H groups in total. The first-order valence-electron chi connectivity index (χ1n) is 10.8. The summed E-state index contributed by atoms with van der Waals surface area (Å²) in [5, 5.41) is 51.0. The smallest absolute Gasteiger partial charge is 0.115 e. The zero-order valence-corrected chi connectivity index (χ0v) is 18.6. The van der Waals surface area contributed by atoms with Crippen LogP contribution in [-0.2, 0) is 12.8 Å². The van der Waals surface area contributed by atoms with E-state index in [1.807, 2.05) is 6.08 Å². The number of aliphatic hydroxyl groups excluding tert-OH is 3. The first kappa shape index (κ1) is 24.0. The second-order valence-corrected chi connectivity index (χ2v) is 8.28. The van der Waals surface area contributed by atoms with Gasteiger partial charge < -0.3 is 25.5 Å². The van der Waals surface area contributed by atoms with Gasteiger partial charge in [0, 0.05) is 6.42 Å². The van der Waals surface area contributed by atoms with Crippen molar-refractivity contribution in [1.29, 1.82) is 0 Å². The van der Waals surface area contributed by atoms with Gasteiger partial charge in [-0.2, -0.15) is 0 Å². The lowest BCUT2D eigenvalue weighted by Crippen LogP contribution is -2.30. The van der Waals surface area contributed by atoms with Gasteiger partial charge in [0.05, 0.1) is 12.0 Å². The fourth-order valence-corrected chi connectivity index (χ4v) is 3.87. The van der Waals surface area contributed by atoms with Crippen LogP contribution >= 0.6 is 0 Å². The summed E-state index contributed by atoms with van der Waals surface area (Å²) < 4.78 is 0. The number of hydrogen-bond acceptors (Lipinski definition) is 5. The molecule has 172 valence electrons. The molecule has 2 aromatic rings. The van der Waals surface area contributed by atoms with Crippen molar-refractivity contribution < 1.29 is 25.5 Å².